The van der Waals surface area contributed by atoms with Gasteiger partial charge in [-0.2, -0.15) is 0 Å². The third-order valence-corrected chi connectivity index (χ3v) is 2.88. The van der Waals surface area contributed by atoms with E-state index < -0.39 is 0 Å². The van der Waals surface area contributed by atoms with Crippen LogP contribution in [0.15, 0.2) is 0 Å². The van der Waals surface area contributed by atoms with E-state index in [1.807, 2.05) is 0 Å². The van der Waals surface area contributed by atoms with Crippen LogP contribution in [-0.2, 0) is 0 Å². The Kier molecular flexibility index (Phi) is 2.14. The lowest BCUT2D eigenvalue weighted by Crippen LogP contribution is -2.28. The molecule has 1 saturated heterocycles. The molecule has 0 spiro atoms. The number of rotatable bonds is 3. The molecule has 0 aromatic carbocycles. The molecule has 0 aromatic heterocycles. The number of hydrogen-bond acceptors (Lipinski definition) is 2. The van der Waals surface area contributed by atoms with Gasteiger partial charge in [0.1, 0.15) is 0 Å². The van der Waals surface area contributed by atoms with Crippen molar-refractivity contribution in [2.75, 3.05) is 26.7 Å². The van der Waals surface area contributed by atoms with Gasteiger partial charge in [-0.1, -0.05) is 0 Å². The second-order valence-electron chi connectivity index (χ2n) is 4.03. The van der Waals surface area contributed by atoms with Gasteiger partial charge in [0, 0.05) is 12.6 Å². The monoisotopic (exact) mass is 154 g/mol. The van der Waals surface area contributed by atoms with Crippen molar-refractivity contribution in [3.05, 3.63) is 0 Å². The highest BCUT2D eigenvalue weighted by Gasteiger charge is 2.28. The highest BCUT2D eigenvalue weighted by molar-refractivity contribution is 4.85. The van der Waals surface area contributed by atoms with E-state index in [2.05, 4.69) is 17.3 Å². The molecule has 2 rings (SSSR count). The summed E-state index contributed by atoms with van der Waals surface area (Å²) in [6.45, 7) is 3.80. The summed E-state index contributed by atoms with van der Waals surface area (Å²) >= 11 is 0. The van der Waals surface area contributed by atoms with Crippen LogP contribution in [0.4, 0.5) is 0 Å². The van der Waals surface area contributed by atoms with E-state index in [0.717, 1.165) is 12.0 Å². The molecule has 0 amide bonds. The van der Waals surface area contributed by atoms with E-state index in [1.165, 1.54) is 38.9 Å². The van der Waals surface area contributed by atoms with Gasteiger partial charge in [0.15, 0.2) is 0 Å². The van der Waals surface area contributed by atoms with Crippen molar-refractivity contribution in [3.8, 4) is 0 Å². The molecule has 2 heteroatoms. The Balaban J connectivity index is 1.70. The summed E-state index contributed by atoms with van der Waals surface area (Å²) in [6, 6.07) is 0.940. The van der Waals surface area contributed by atoms with Crippen LogP contribution >= 0.6 is 0 Å². The lowest BCUT2D eigenvalue weighted by molar-refractivity contribution is 0.276. The first-order valence-corrected chi connectivity index (χ1v) is 4.77. The van der Waals surface area contributed by atoms with E-state index >= 15 is 0 Å². The summed E-state index contributed by atoms with van der Waals surface area (Å²) in [4.78, 5) is 2.54. The van der Waals surface area contributed by atoms with Crippen LogP contribution in [0.25, 0.3) is 0 Å². The fraction of sp³-hybridized carbons (Fsp3) is 1.00. The Bertz CT molecular complexity index is 126. The smallest absolute Gasteiger partial charge is 0.00934 e. The van der Waals surface area contributed by atoms with Crippen molar-refractivity contribution in [1.82, 2.24) is 10.2 Å². The van der Waals surface area contributed by atoms with Crippen LogP contribution in [0.5, 0.6) is 0 Å². The zero-order chi connectivity index (χ0) is 7.68. The van der Waals surface area contributed by atoms with Gasteiger partial charge in [0.25, 0.3) is 0 Å². The minimum Gasteiger partial charge on any atom is -0.316 e. The molecule has 2 fully saturated rings. The highest BCUT2D eigenvalue weighted by atomic mass is 15.2. The van der Waals surface area contributed by atoms with Crippen LogP contribution in [0.3, 0.4) is 0 Å². The quantitative estimate of drug-likeness (QED) is 0.643. The number of nitrogens with one attached hydrogen (secondary N) is 1. The molecule has 1 atom stereocenters. The van der Waals surface area contributed by atoms with Crippen molar-refractivity contribution in [1.29, 1.82) is 0 Å². The maximum Gasteiger partial charge on any atom is 0.00934 e. The van der Waals surface area contributed by atoms with Crippen LogP contribution in [-0.4, -0.2) is 37.6 Å². The van der Waals surface area contributed by atoms with Crippen LogP contribution in [0.2, 0.25) is 0 Å². The van der Waals surface area contributed by atoms with Crippen LogP contribution in [0.1, 0.15) is 19.3 Å². The Labute approximate surface area is 69.0 Å². The first-order chi connectivity index (χ1) is 5.36. The molecule has 1 N–H and O–H groups in total. The van der Waals surface area contributed by atoms with Gasteiger partial charge in [-0.25, -0.2) is 0 Å². The predicted molar refractivity (Wildman–Crippen MR) is 46.6 cm³/mol. The van der Waals surface area contributed by atoms with Gasteiger partial charge in [0.05, 0.1) is 0 Å². The van der Waals surface area contributed by atoms with Crippen molar-refractivity contribution >= 4 is 0 Å². The van der Waals surface area contributed by atoms with Gasteiger partial charge >= 0.3 is 0 Å². The molecule has 0 aromatic rings. The van der Waals surface area contributed by atoms with Gasteiger partial charge in [-0.15, -0.1) is 0 Å². The summed E-state index contributed by atoms with van der Waals surface area (Å²) in [5.41, 5.74) is 0. The Morgan fingerprint density at radius 3 is 2.73 bits per heavy atom. The molecular weight excluding hydrogens is 136 g/mol. The lowest BCUT2D eigenvalue weighted by atomic mass is 10.1. The van der Waals surface area contributed by atoms with Crippen molar-refractivity contribution in [3.63, 3.8) is 0 Å². The maximum absolute atomic E-state index is 3.41. The average Bonchev–Trinajstić information content (AvgIpc) is 2.73. The second kappa shape index (κ2) is 3.11. The normalized spacial score (nSPS) is 31.6. The second-order valence-corrected chi connectivity index (χ2v) is 4.03. The maximum atomic E-state index is 3.41. The fourth-order valence-corrected chi connectivity index (χ4v) is 1.94. The summed E-state index contributed by atoms with van der Waals surface area (Å²) in [6.07, 6.45) is 4.27. The van der Waals surface area contributed by atoms with Crippen molar-refractivity contribution in [2.24, 2.45) is 5.92 Å². The lowest BCUT2D eigenvalue weighted by Gasteiger charge is -2.19. The summed E-state index contributed by atoms with van der Waals surface area (Å²) in [5.74, 6) is 0.931. The SMILES string of the molecule is CN(C[C@H]1CCNC1)C1CC1. The van der Waals surface area contributed by atoms with E-state index in [9.17, 15) is 0 Å². The van der Waals surface area contributed by atoms with Crippen molar-refractivity contribution < 1.29 is 0 Å². The van der Waals surface area contributed by atoms with E-state index in [4.69, 9.17) is 0 Å². The topological polar surface area (TPSA) is 15.3 Å². The molecule has 1 aliphatic carbocycles. The zero-order valence-corrected chi connectivity index (χ0v) is 7.34. The highest BCUT2D eigenvalue weighted by Crippen LogP contribution is 2.26. The van der Waals surface area contributed by atoms with E-state index in [0.29, 0.717) is 0 Å². The molecule has 11 heavy (non-hydrogen) atoms. The third kappa shape index (κ3) is 1.94. The summed E-state index contributed by atoms with van der Waals surface area (Å²) < 4.78 is 0. The largest absolute Gasteiger partial charge is 0.316 e. The molecule has 2 aliphatic rings. The van der Waals surface area contributed by atoms with Gasteiger partial charge in [-0.05, 0) is 45.3 Å². The molecule has 1 aliphatic heterocycles. The Hall–Kier alpha value is -0.0800. The summed E-state index contributed by atoms with van der Waals surface area (Å²) in [5, 5.41) is 3.41. The van der Waals surface area contributed by atoms with Gasteiger partial charge < -0.3 is 10.2 Å². The van der Waals surface area contributed by atoms with Crippen molar-refractivity contribution in [2.45, 2.75) is 25.3 Å². The molecular formula is C9H18N2. The number of hydrogen-bond donors (Lipinski definition) is 1. The third-order valence-electron chi connectivity index (χ3n) is 2.88. The minimum atomic E-state index is 0.931. The Morgan fingerprint density at radius 2 is 2.18 bits per heavy atom. The van der Waals surface area contributed by atoms with E-state index in [1.54, 1.807) is 0 Å². The first kappa shape index (κ1) is 7.56. The van der Waals surface area contributed by atoms with Gasteiger partial charge in [-0.3, -0.25) is 0 Å². The average molecular weight is 154 g/mol. The Morgan fingerprint density at radius 1 is 1.36 bits per heavy atom. The molecule has 0 radical (unpaired) electrons. The predicted octanol–water partition coefficient (Wildman–Crippen LogP) is 0.690. The van der Waals surface area contributed by atoms with Gasteiger partial charge in [0.2, 0.25) is 0 Å². The number of nitrogens with zero attached hydrogens (tertiary/aromatic N) is 1. The molecule has 1 heterocycles. The molecule has 0 unspecified atom stereocenters. The molecule has 64 valence electrons. The fourth-order valence-electron chi connectivity index (χ4n) is 1.94. The minimum absolute atomic E-state index is 0.931. The molecule has 1 saturated carbocycles. The standard InChI is InChI=1S/C9H18N2/c1-11(9-2-3-9)7-8-4-5-10-6-8/h8-10H,2-7H2,1H3/t8-/m0/s1. The summed E-state index contributed by atoms with van der Waals surface area (Å²) in [7, 11) is 2.27. The van der Waals surface area contributed by atoms with Crippen LogP contribution in [0, 0.1) is 5.92 Å². The molecule has 0 bridgehead atoms. The zero-order valence-electron chi connectivity index (χ0n) is 7.34. The van der Waals surface area contributed by atoms with Crippen LogP contribution < -0.4 is 5.32 Å². The molecule has 2 nitrogen and oxygen atoms in total. The van der Waals surface area contributed by atoms with E-state index in [-0.39, 0.29) is 0 Å². The first-order valence-electron chi connectivity index (χ1n) is 4.77.